The first-order valence-electron chi connectivity index (χ1n) is 5.95. The molecule has 0 saturated heterocycles. The summed E-state index contributed by atoms with van der Waals surface area (Å²) in [7, 11) is 0. The van der Waals surface area contributed by atoms with Crippen molar-refractivity contribution in [1.82, 2.24) is 9.78 Å². The average molecular weight is 275 g/mol. The summed E-state index contributed by atoms with van der Waals surface area (Å²) in [5.41, 5.74) is 0.750. The number of carbonyl (C=O) groups excluding carboxylic acids is 1. The number of hydrogen-bond donors (Lipinski definition) is 0. The van der Waals surface area contributed by atoms with Gasteiger partial charge in [-0.1, -0.05) is 30.3 Å². The lowest BCUT2D eigenvalue weighted by Crippen LogP contribution is -2.19. The van der Waals surface area contributed by atoms with Crippen LogP contribution in [0.4, 0.5) is 5.69 Å². The van der Waals surface area contributed by atoms with Crippen molar-refractivity contribution in [2.24, 2.45) is 0 Å². The van der Waals surface area contributed by atoms with E-state index in [0.29, 0.717) is 0 Å². The van der Waals surface area contributed by atoms with Crippen molar-refractivity contribution >= 4 is 11.7 Å². The van der Waals surface area contributed by atoms with Crippen LogP contribution in [-0.2, 0) is 9.53 Å². The van der Waals surface area contributed by atoms with Crippen molar-refractivity contribution in [2.75, 3.05) is 6.61 Å². The summed E-state index contributed by atoms with van der Waals surface area (Å²) < 4.78 is 6.44. The van der Waals surface area contributed by atoms with Gasteiger partial charge in [-0.05, 0) is 5.56 Å². The summed E-state index contributed by atoms with van der Waals surface area (Å²) in [5, 5.41) is 14.7. The highest BCUT2D eigenvalue weighted by Gasteiger charge is 2.19. The lowest BCUT2D eigenvalue weighted by Gasteiger charge is -2.17. The minimum absolute atomic E-state index is 0.0676. The lowest BCUT2D eigenvalue weighted by atomic mass is 10.1. The molecule has 0 aliphatic carbocycles. The van der Waals surface area contributed by atoms with Gasteiger partial charge < -0.3 is 4.74 Å². The molecule has 2 aromatic rings. The Balaban J connectivity index is 2.30. The van der Waals surface area contributed by atoms with Gasteiger partial charge in [0.05, 0.1) is 4.92 Å². The van der Waals surface area contributed by atoms with Gasteiger partial charge in [0.15, 0.2) is 0 Å². The number of rotatable bonds is 5. The highest BCUT2D eigenvalue weighted by molar-refractivity contribution is 5.65. The van der Waals surface area contributed by atoms with Crippen molar-refractivity contribution in [3.05, 3.63) is 58.4 Å². The predicted octanol–water partition coefficient (Wildman–Crippen LogP) is 1.94. The number of benzene rings is 1. The highest BCUT2D eigenvalue weighted by Crippen LogP contribution is 2.20. The number of aromatic nitrogens is 2. The van der Waals surface area contributed by atoms with Gasteiger partial charge in [-0.15, -0.1) is 0 Å². The van der Waals surface area contributed by atoms with E-state index in [1.165, 1.54) is 24.0 Å². The molecule has 0 N–H and O–H groups in total. The topological polar surface area (TPSA) is 87.3 Å². The van der Waals surface area contributed by atoms with Gasteiger partial charge in [-0.3, -0.25) is 19.6 Å². The second kappa shape index (κ2) is 5.96. The van der Waals surface area contributed by atoms with E-state index in [-0.39, 0.29) is 12.3 Å². The fourth-order valence-corrected chi connectivity index (χ4v) is 1.79. The predicted molar refractivity (Wildman–Crippen MR) is 70.1 cm³/mol. The van der Waals surface area contributed by atoms with Crippen molar-refractivity contribution in [3.8, 4) is 0 Å². The van der Waals surface area contributed by atoms with Crippen LogP contribution in [0.25, 0.3) is 0 Å². The van der Waals surface area contributed by atoms with Crippen LogP contribution in [0.1, 0.15) is 18.5 Å². The molecule has 104 valence electrons. The maximum absolute atomic E-state index is 11.0. The maximum Gasteiger partial charge on any atom is 0.307 e. The lowest BCUT2D eigenvalue weighted by molar-refractivity contribution is -0.385. The fourth-order valence-electron chi connectivity index (χ4n) is 1.79. The molecule has 1 atom stereocenters. The smallest absolute Gasteiger partial charge is 0.307 e. The van der Waals surface area contributed by atoms with E-state index in [2.05, 4.69) is 5.10 Å². The average Bonchev–Trinajstić information content (AvgIpc) is 2.90. The molecule has 1 aromatic carbocycles. The number of nitrogens with zero attached hydrogens (tertiary/aromatic N) is 3. The first kappa shape index (κ1) is 13.7. The SMILES string of the molecule is CC(=O)OCC(c1ccccc1)n1cc([N+](=O)[O-])cn1. The van der Waals surface area contributed by atoms with E-state index in [4.69, 9.17) is 4.74 Å². The largest absolute Gasteiger partial charge is 0.463 e. The third-order valence-electron chi connectivity index (χ3n) is 2.75. The molecule has 7 nitrogen and oxygen atoms in total. The van der Waals surface area contributed by atoms with Gasteiger partial charge >= 0.3 is 11.7 Å². The molecule has 20 heavy (non-hydrogen) atoms. The Hall–Kier alpha value is -2.70. The van der Waals surface area contributed by atoms with E-state index in [1.807, 2.05) is 30.3 Å². The second-order valence-corrected chi connectivity index (χ2v) is 4.16. The molecule has 0 bridgehead atoms. The fraction of sp³-hybridized carbons (Fsp3) is 0.231. The van der Waals surface area contributed by atoms with Gasteiger partial charge in [0.2, 0.25) is 0 Å². The Bertz CT molecular complexity index is 609. The summed E-state index contributed by atoms with van der Waals surface area (Å²) in [6.45, 7) is 1.38. The van der Waals surface area contributed by atoms with Crippen LogP contribution in [0.15, 0.2) is 42.7 Å². The number of carbonyl (C=O) groups is 1. The van der Waals surface area contributed by atoms with Gasteiger partial charge in [-0.25, -0.2) is 0 Å². The molecule has 0 aliphatic rings. The molecular weight excluding hydrogens is 262 g/mol. The van der Waals surface area contributed by atoms with E-state index < -0.39 is 16.9 Å². The minimum Gasteiger partial charge on any atom is -0.463 e. The quantitative estimate of drug-likeness (QED) is 0.472. The molecule has 1 unspecified atom stereocenters. The van der Waals surface area contributed by atoms with E-state index in [0.717, 1.165) is 5.56 Å². The first-order chi connectivity index (χ1) is 9.58. The number of nitro groups is 1. The molecule has 1 aromatic heterocycles. The van der Waals surface area contributed by atoms with Crippen molar-refractivity contribution in [2.45, 2.75) is 13.0 Å². The highest BCUT2D eigenvalue weighted by atomic mass is 16.6. The molecular formula is C13H13N3O4. The van der Waals surface area contributed by atoms with Crippen LogP contribution in [0, 0.1) is 10.1 Å². The van der Waals surface area contributed by atoms with E-state index >= 15 is 0 Å². The summed E-state index contributed by atoms with van der Waals surface area (Å²) in [6, 6.07) is 8.84. The van der Waals surface area contributed by atoms with Crippen LogP contribution < -0.4 is 0 Å². The second-order valence-electron chi connectivity index (χ2n) is 4.16. The van der Waals surface area contributed by atoms with Crippen molar-refractivity contribution < 1.29 is 14.5 Å². The number of esters is 1. The zero-order valence-electron chi connectivity index (χ0n) is 10.8. The van der Waals surface area contributed by atoms with Crippen molar-refractivity contribution in [1.29, 1.82) is 0 Å². The van der Waals surface area contributed by atoms with E-state index in [1.54, 1.807) is 0 Å². The van der Waals surface area contributed by atoms with Gasteiger partial charge in [-0.2, -0.15) is 5.10 Å². The number of hydrogen-bond acceptors (Lipinski definition) is 5. The van der Waals surface area contributed by atoms with Crippen molar-refractivity contribution in [3.63, 3.8) is 0 Å². The molecule has 1 heterocycles. The zero-order chi connectivity index (χ0) is 14.5. The van der Waals surface area contributed by atoms with Crippen LogP contribution in [0.5, 0.6) is 0 Å². The van der Waals surface area contributed by atoms with Crippen LogP contribution >= 0.6 is 0 Å². The van der Waals surface area contributed by atoms with Crippen LogP contribution in [-0.4, -0.2) is 27.3 Å². The zero-order valence-corrected chi connectivity index (χ0v) is 10.8. The Kier molecular flexibility index (Phi) is 4.09. The van der Waals surface area contributed by atoms with Crippen LogP contribution in [0.3, 0.4) is 0 Å². The maximum atomic E-state index is 11.0. The molecule has 0 fully saturated rings. The monoisotopic (exact) mass is 275 g/mol. The minimum atomic E-state index is -0.516. The summed E-state index contributed by atoms with van der Waals surface area (Å²) in [5.74, 6) is -0.410. The Labute approximate surface area is 114 Å². The standard InChI is InChI=1S/C13H13N3O4/c1-10(17)20-9-13(11-5-3-2-4-6-11)15-8-12(7-14-15)16(18)19/h2-8,13H,9H2,1H3. The molecule has 0 radical (unpaired) electrons. The summed E-state index contributed by atoms with van der Waals surface area (Å²) >= 11 is 0. The van der Waals surface area contributed by atoms with Crippen LogP contribution in [0.2, 0.25) is 0 Å². The third-order valence-corrected chi connectivity index (χ3v) is 2.75. The molecule has 0 saturated carbocycles. The van der Waals surface area contributed by atoms with Gasteiger partial charge in [0.1, 0.15) is 25.0 Å². The molecule has 0 aliphatic heterocycles. The van der Waals surface area contributed by atoms with Gasteiger partial charge in [0, 0.05) is 6.92 Å². The number of ether oxygens (including phenoxy) is 1. The third kappa shape index (κ3) is 3.19. The molecule has 0 amide bonds. The Morgan fingerprint density at radius 1 is 1.45 bits per heavy atom. The Morgan fingerprint density at radius 3 is 2.70 bits per heavy atom. The molecule has 7 heteroatoms. The summed E-state index contributed by atoms with van der Waals surface area (Å²) in [4.78, 5) is 21.2. The molecule has 0 spiro atoms. The Morgan fingerprint density at radius 2 is 2.15 bits per heavy atom. The van der Waals surface area contributed by atoms with Gasteiger partial charge in [0.25, 0.3) is 0 Å². The first-order valence-corrected chi connectivity index (χ1v) is 5.95. The molecule has 2 rings (SSSR count). The van der Waals surface area contributed by atoms with E-state index in [9.17, 15) is 14.9 Å². The normalized spacial score (nSPS) is 11.8. The summed E-state index contributed by atoms with van der Waals surface area (Å²) in [6.07, 6.45) is 2.49.